The van der Waals surface area contributed by atoms with Gasteiger partial charge in [-0.1, -0.05) is 28.9 Å². The van der Waals surface area contributed by atoms with Crippen molar-refractivity contribution in [3.63, 3.8) is 0 Å². The molecule has 98 valence electrons. The Morgan fingerprint density at radius 2 is 2.30 bits per heavy atom. The molecule has 1 aromatic carbocycles. The van der Waals surface area contributed by atoms with Crippen molar-refractivity contribution in [1.82, 2.24) is 24.9 Å². The van der Waals surface area contributed by atoms with E-state index in [1.165, 1.54) is 11.0 Å². The molecule has 0 atom stereocenters. The van der Waals surface area contributed by atoms with Crippen LogP contribution in [0.15, 0.2) is 35.1 Å². The van der Waals surface area contributed by atoms with Crippen molar-refractivity contribution in [3.8, 4) is 17.5 Å². The molecule has 2 heterocycles. The average molecular weight is 287 g/mol. The zero-order valence-electron chi connectivity index (χ0n) is 10.1. The Morgan fingerprint density at radius 3 is 3.05 bits per heavy atom. The van der Waals surface area contributed by atoms with Gasteiger partial charge in [0.05, 0.1) is 0 Å². The second-order valence-corrected chi connectivity index (χ2v) is 4.34. The lowest BCUT2D eigenvalue weighted by Crippen LogP contribution is -2.00. The average Bonchev–Trinajstić information content (AvgIpc) is 3.08. The lowest BCUT2D eigenvalue weighted by Gasteiger charge is -1.94. The molecule has 0 bridgehead atoms. The molecule has 0 amide bonds. The molecule has 0 unspecified atom stereocenters. The van der Waals surface area contributed by atoms with E-state index in [-0.39, 0.29) is 12.4 Å². The molecule has 0 aliphatic rings. The summed E-state index contributed by atoms with van der Waals surface area (Å²) in [6.45, 7) is 0.252. The molecule has 0 aliphatic carbocycles. The minimum atomic E-state index is 0.0968. The van der Waals surface area contributed by atoms with E-state index in [0.29, 0.717) is 16.7 Å². The zero-order chi connectivity index (χ0) is 13.9. The standard InChI is InChI=1S/C12H7ClN6O/c13-9-3-1-2-8(4-9)12-16-11(20-18-12)6-19-7-15-10(5-14)17-19/h1-4,7H,6H2. The monoisotopic (exact) mass is 286 g/mol. The number of nitriles is 1. The molecule has 7 nitrogen and oxygen atoms in total. The van der Waals surface area contributed by atoms with Gasteiger partial charge in [0.1, 0.15) is 18.9 Å². The van der Waals surface area contributed by atoms with Crippen LogP contribution >= 0.6 is 11.6 Å². The lowest BCUT2D eigenvalue weighted by atomic mass is 10.2. The lowest BCUT2D eigenvalue weighted by molar-refractivity contribution is 0.366. The van der Waals surface area contributed by atoms with Crippen molar-refractivity contribution in [1.29, 1.82) is 5.26 Å². The summed E-state index contributed by atoms with van der Waals surface area (Å²) in [5.41, 5.74) is 0.767. The van der Waals surface area contributed by atoms with Gasteiger partial charge in [-0.2, -0.15) is 10.2 Å². The highest BCUT2D eigenvalue weighted by Crippen LogP contribution is 2.19. The molecule has 3 aromatic rings. The number of aromatic nitrogens is 5. The molecule has 8 heteroatoms. The number of halogens is 1. The molecule has 0 radical (unpaired) electrons. The number of benzene rings is 1. The molecular formula is C12H7ClN6O. The minimum absolute atomic E-state index is 0.0968. The van der Waals surface area contributed by atoms with Gasteiger partial charge in [-0.15, -0.1) is 5.10 Å². The molecule has 0 saturated heterocycles. The molecular weight excluding hydrogens is 280 g/mol. The number of nitrogens with zero attached hydrogens (tertiary/aromatic N) is 6. The molecule has 0 spiro atoms. The molecule has 20 heavy (non-hydrogen) atoms. The highest BCUT2D eigenvalue weighted by molar-refractivity contribution is 6.30. The van der Waals surface area contributed by atoms with Crippen LogP contribution < -0.4 is 0 Å². The maximum Gasteiger partial charge on any atom is 0.252 e. The maximum absolute atomic E-state index is 8.64. The van der Waals surface area contributed by atoms with Gasteiger partial charge in [-0.3, -0.25) is 0 Å². The summed E-state index contributed by atoms with van der Waals surface area (Å²) in [6.07, 6.45) is 1.43. The number of hydrogen-bond donors (Lipinski definition) is 0. The maximum atomic E-state index is 8.64. The molecule has 3 rings (SSSR count). The Bertz CT molecular complexity index is 787. The quantitative estimate of drug-likeness (QED) is 0.730. The summed E-state index contributed by atoms with van der Waals surface area (Å²) in [6, 6.07) is 9.01. The van der Waals surface area contributed by atoms with Gasteiger partial charge in [0.25, 0.3) is 5.82 Å². The van der Waals surface area contributed by atoms with E-state index in [4.69, 9.17) is 21.4 Å². The molecule has 0 saturated carbocycles. The minimum Gasteiger partial charge on any atom is -0.337 e. The van der Waals surface area contributed by atoms with Gasteiger partial charge in [-0.05, 0) is 12.1 Å². The summed E-state index contributed by atoms with van der Waals surface area (Å²) in [5.74, 6) is 0.914. The molecule has 0 fully saturated rings. The first-order valence-electron chi connectivity index (χ1n) is 5.62. The molecule has 2 aromatic heterocycles. The number of hydrogen-bond acceptors (Lipinski definition) is 6. The van der Waals surface area contributed by atoms with E-state index in [9.17, 15) is 0 Å². The normalized spacial score (nSPS) is 10.4. The van der Waals surface area contributed by atoms with Crippen LogP contribution in [0.2, 0.25) is 5.02 Å². The van der Waals surface area contributed by atoms with Crippen LogP contribution in [0.1, 0.15) is 11.7 Å². The first kappa shape index (κ1) is 12.3. The van der Waals surface area contributed by atoms with Crippen LogP contribution in [-0.2, 0) is 6.54 Å². The van der Waals surface area contributed by atoms with Crippen molar-refractivity contribution in [3.05, 3.63) is 47.3 Å². The Balaban J connectivity index is 1.82. The van der Waals surface area contributed by atoms with Crippen molar-refractivity contribution in [2.45, 2.75) is 6.54 Å². The molecule has 0 aliphatic heterocycles. The fraction of sp³-hybridized carbons (Fsp3) is 0.0833. The second kappa shape index (κ2) is 5.11. The predicted molar refractivity (Wildman–Crippen MR) is 68.6 cm³/mol. The van der Waals surface area contributed by atoms with Crippen LogP contribution in [0.5, 0.6) is 0 Å². The summed E-state index contributed by atoms with van der Waals surface area (Å²) >= 11 is 5.91. The third-order valence-corrected chi connectivity index (χ3v) is 2.72. The van der Waals surface area contributed by atoms with Crippen molar-refractivity contribution >= 4 is 11.6 Å². The SMILES string of the molecule is N#Cc1ncn(Cc2nc(-c3cccc(Cl)c3)no2)n1. The Kier molecular flexibility index (Phi) is 3.15. The van der Waals surface area contributed by atoms with Crippen LogP contribution in [0.4, 0.5) is 0 Å². The van der Waals surface area contributed by atoms with E-state index >= 15 is 0 Å². The van der Waals surface area contributed by atoms with E-state index in [2.05, 4.69) is 20.2 Å². The summed E-state index contributed by atoms with van der Waals surface area (Å²) in [7, 11) is 0. The predicted octanol–water partition coefficient (Wildman–Crippen LogP) is 1.90. The van der Waals surface area contributed by atoms with Gasteiger partial charge in [0.2, 0.25) is 11.7 Å². The van der Waals surface area contributed by atoms with Crippen LogP contribution in [-0.4, -0.2) is 24.9 Å². The topological polar surface area (TPSA) is 93.4 Å². The fourth-order valence-electron chi connectivity index (χ4n) is 1.62. The van der Waals surface area contributed by atoms with E-state index in [0.717, 1.165) is 5.56 Å². The first-order valence-corrected chi connectivity index (χ1v) is 6.00. The van der Waals surface area contributed by atoms with Gasteiger partial charge < -0.3 is 4.52 Å². The van der Waals surface area contributed by atoms with E-state index < -0.39 is 0 Å². The smallest absolute Gasteiger partial charge is 0.252 e. The van der Waals surface area contributed by atoms with Crippen molar-refractivity contribution in [2.75, 3.05) is 0 Å². The van der Waals surface area contributed by atoms with Gasteiger partial charge in [-0.25, -0.2) is 9.67 Å². The Labute approximate surface area is 118 Å². The van der Waals surface area contributed by atoms with Gasteiger partial charge in [0, 0.05) is 10.6 Å². The van der Waals surface area contributed by atoms with Crippen molar-refractivity contribution in [2.24, 2.45) is 0 Å². The van der Waals surface area contributed by atoms with Gasteiger partial charge >= 0.3 is 0 Å². The molecule has 0 N–H and O–H groups in total. The fourth-order valence-corrected chi connectivity index (χ4v) is 1.81. The first-order chi connectivity index (χ1) is 9.74. The number of rotatable bonds is 3. The van der Waals surface area contributed by atoms with Crippen molar-refractivity contribution < 1.29 is 4.52 Å². The van der Waals surface area contributed by atoms with E-state index in [1.54, 1.807) is 12.1 Å². The van der Waals surface area contributed by atoms with Crippen LogP contribution in [0, 0.1) is 11.3 Å². The Hall–Kier alpha value is -2.72. The van der Waals surface area contributed by atoms with E-state index in [1.807, 2.05) is 18.2 Å². The second-order valence-electron chi connectivity index (χ2n) is 3.90. The highest BCUT2D eigenvalue weighted by Gasteiger charge is 2.10. The third kappa shape index (κ3) is 2.50. The summed E-state index contributed by atoms with van der Waals surface area (Å²) in [4.78, 5) is 8.03. The van der Waals surface area contributed by atoms with Gasteiger partial charge in [0.15, 0.2) is 0 Å². The zero-order valence-corrected chi connectivity index (χ0v) is 10.8. The van der Waals surface area contributed by atoms with Crippen LogP contribution in [0.3, 0.4) is 0 Å². The van der Waals surface area contributed by atoms with Crippen LogP contribution in [0.25, 0.3) is 11.4 Å². The third-order valence-electron chi connectivity index (χ3n) is 2.48. The largest absolute Gasteiger partial charge is 0.337 e. The summed E-state index contributed by atoms with van der Waals surface area (Å²) < 4.78 is 6.58. The Morgan fingerprint density at radius 1 is 1.40 bits per heavy atom. The highest BCUT2D eigenvalue weighted by atomic mass is 35.5. The summed E-state index contributed by atoms with van der Waals surface area (Å²) in [5, 5.41) is 17.0.